The van der Waals surface area contributed by atoms with Crippen LogP contribution >= 0.6 is 0 Å². The molecule has 0 atom stereocenters. The van der Waals surface area contributed by atoms with Crippen molar-refractivity contribution in [3.05, 3.63) is 35.9 Å². The number of carboxylic acid groups (broad SMARTS) is 1. The number of hydrogen-bond acceptors (Lipinski definition) is 3. The van der Waals surface area contributed by atoms with Gasteiger partial charge in [-0.2, -0.15) is 0 Å². The van der Waals surface area contributed by atoms with Crippen molar-refractivity contribution in [2.45, 2.75) is 19.1 Å². The number of rotatable bonds is 3. The normalized spacial score (nSPS) is 28.9. The minimum Gasteiger partial charge on any atom is -0.477 e. The first-order chi connectivity index (χ1) is 8.10. The van der Waals surface area contributed by atoms with E-state index in [1.54, 1.807) is 0 Å². The predicted molar refractivity (Wildman–Crippen MR) is 61.6 cm³/mol. The minimum atomic E-state index is -1.48. The van der Waals surface area contributed by atoms with Crippen LogP contribution in [0.4, 0.5) is 0 Å². The van der Waals surface area contributed by atoms with Crippen molar-refractivity contribution >= 4 is 5.97 Å². The van der Waals surface area contributed by atoms with Crippen molar-refractivity contribution in [3.63, 3.8) is 0 Å². The van der Waals surface area contributed by atoms with E-state index in [9.17, 15) is 4.79 Å². The molecule has 1 aromatic carbocycles. The van der Waals surface area contributed by atoms with E-state index in [0.717, 1.165) is 6.42 Å². The fraction of sp³-hybridized carbons (Fsp3) is 0.462. The van der Waals surface area contributed by atoms with Crippen molar-refractivity contribution in [1.29, 1.82) is 0 Å². The van der Waals surface area contributed by atoms with Crippen molar-refractivity contribution in [3.8, 4) is 0 Å². The SMILES string of the molecule is CC1(C(=O)O)OCC(Cc2ccccc2)CO1. The number of benzene rings is 1. The third-order valence-corrected chi connectivity index (χ3v) is 2.94. The molecular formula is C13H16O4. The maximum atomic E-state index is 10.9. The van der Waals surface area contributed by atoms with E-state index in [1.165, 1.54) is 12.5 Å². The number of ether oxygens (including phenoxy) is 2. The van der Waals surface area contributed by atoms with Crippen molar-refractivity contribution in [1.82, 2.24) is 0 Å². The molecule has 1 N–H and O–H groups in total. The monoisotopic (exact) mass is 236 g/mol. The third-order valence-electron chi connectivity index (χ3n) is 2.94. The van der Waals surface area contributed by atoms with E-state index >= 15 is 0 Å². The maximum Gasteiger partial charge on any atom is 0.364 e. The second kappa shape index (κ2) is 4.85. The first-order valence-electron chi connectivity index (χ1n) is 5.65. The molecule has 0 aromatic heterocycles. The zero-order chi connectivity index (χ0) is 12.3. The zero-order valence-corrected chi connectivity index (χ0v) is 9.76. The molecule has 1 heterocycles. The second-order valence-corrected chi connectivity index (χ2v) is 4.43. The van der Waals surface area contributed by atoms with Crippen LogP contribution < -0.4 is 0 Å². The number of aliphatic carboxylic acids is 1. The van der Waals surface area contributed by atoms with Gasteiger partial charge < -0.3 is 14.6 Å². The first-order valence-corrected chi connectivity index (χ1v) is 5.65. The topological polar surface area (TPSA) is 55.8 Å². The van der Waals surface area contributed by atoms with E-state index in [0.29, 0.717) is 13.2 Å². The van der Waals surface area contributed by atoms with Gasteiger partial charge in [-0.1, -0.05) is 30.3 Å². The van der Waals surface area contributed by atoms with Crippen molar-refractivity contribution < 1.29 is 19.4 Å². The Kier molecular flexibility index (Phi) is 3.45. The highest BCUT2D eigenvalue weighted by Gasteiger charge is 2.40. The average molecular weight is 236 g/mol. The van der Waals surface area contributed by atoms with E-state index in [-0.39, 0.29) is 5.92 Å². The average Bonchev–Trinajstić information content (AvgIpc) is 2.33. The lowest BCUT2D eigenvalue weighted by Gasteiger charge is -2.34. The minimum absolute atomic E-state index is 0.213. The van der Waals surface area contributed by atoms with Crippen LogP contribution in [0.3, 0.4) is 0 Å². The van der Waals surface area contributed by atoms with Crippen molar-refractivity contribution in [2.24, 2.45) is 5.92 Å². The Hall–Kier alpha value is -1.39. The van der Waals surface area contributed by atoms with Gasteiger partial charge in [-0.15, -0.1) is 0 Å². The van der Waals surface area contributed by atoms with Gasteiger partial charge in [0.1, 0.15) is 0 Å². The van der Waals surface area contributed by atoms with Crippen LogP contribution in [0, 0.1) is 5.92 Å². The largest absolute Gasteiger partial charge is 0.477 e. The molecule has 2 rings (SSSR count). The van der Waals surface area contributed by atoms with Crippen LogP contribution in [0.1, 0.15) is 12.5 Å². The molecule has 1 aliphatic rings. The number of carboxylic acids is 1. The van der Waals surface area contributed by atoms with Gasteiger partial charge in [0.15, 0.2) is 0 Å². The molecule has 4 nitrogen and oxygen atoms in total. The highest BCUT2D eigenvalue weighted by atomic mass is 16.7. The van der Waals surface area contributed by atoms with Gasteiger partial charge in [0, 0.05) is 12.8 Å². The quantitative estimate of drug-likeness (QED) is 0.867. The summed E-state index contributed by atoms with van der Waals surface area (Å²) in [5, 5.41) is 8.92. The third kappa shape index (κ3) is 2.84. The second-order valence-electron chi connectivity index (χ2n) is 4.43. The van der Waals surface area contributed by atoms with Crippen LogP contribution in [0.25, 0.3) is 0 Å². The summed E-state index contributed by atoms with van der Waals surface area (Å²) >= 11 is 0. The van der Waals surface area contributed by atoms with E-state index in [2.05, 4.69) is 0 Å². The molecular weight excluding hydrogens is 220 g/mol. The molecule has 0 aliphatic carbocycles. The Balaban J connectivity index is 1.90. The molecule has 0 saturated carbocycles. The summed E-state index contributed by atoms with van der Waals surface area (Å²) in [7, 11) is 0. The molecule has 1 saturated heterocycles. The molecule has 1 aliphatic heterocycles. The smallest absolute Gasteiger partial charge is 0.364 e. The molecule has 17 heavy (non-hydrogen) atoms. The van der Waals surface area contributed by atoms with Gasteiger partial charge in [-0.3, -0.25) is 0 Å². The lowest BCUT2D eigenvalue weighted by Crippen LogP contribution is -2.48. The molecule has 0 spiro atoms. The van der Waals surface area contributed by atoms with Gasteiger partial charge in [-0.05, 0) is 12.0 Å². The standard InChI is InChI=1S/C13H16O4/c1-13(12(14)15)16-8-11(9-17-13)7-10-5-3-2-4-6-10/h2-6,11H,7-9H2,1H3,(H,14,15). The van der Waals surface area contributed by atoms with Gasteiger partial charge in [0.05, 0.1) is 13.2 Å². The molecule has 0 unspecified atom stereocenters. The Morgan fingerprint density at radius 3 is 2.47 bits per heavy atom. The predicted octanol–water partition coefficient (Wildman–Crippen LogP) is 1.69. The maximum absolute atomic E-state index is 10.9. The highest BCUT2D eigenvalue weighted by Crippen LogP contribution is 2.23. The van der Waals surface area contributed by atoms with E-state index in [1.807, 2.05) is 30.3 Å². The van der Waals surface area contributed by atoms with Gasteiger partial charge in [0.2, 0.25) is 0 Å². The van der Waals surface area contributed by atoms with Gasteiger partial charge in [0.25, 0.3) is 5.79 Å². The molecule has 4 heteroatoms. The van der Waals surface area contributed by atoms with Crippen LogP contribution in [0.15, 0.2) is 30.3 Å². The first kappa shape index (κ1) is 12.1. The summed E-state index contributed by atoms with van der Waals surface area (Å²) in [5.74, 6) is -2.34. The van der Waals surface area contributed by atoms with Crippen LogP contribution in [0.2, 0.25) is 0 Å². The molecule has 0 amide bonds. The summed E-state index contributed by atoms with van der Waals surface area (Å²) in [4.78, 5) is 10.9. The Bertz CT molecular complexity index is 380. The van der Waals surface area contributed by atoms with E-state index < -0.39 is 11.8 Å². The Labute approximate surface area is 100 Å². The molecule has 0 bridgehead atoms. The van der Waals surface area contributed by atoms with Crippen LogP contribution in [-0.4, -0.2) is 30.1 Å². The summed E-state index contributed by atoms with van der Waals surface area (Å²) in [6.07, 6.45) is 0.844. The summed E-state index contributed by atoms with van der Waals surface area (Å²) < 4.78 is 10.6. The summed E-state index contributed by atoms with van der Waals surface area (Å²) in [6, 6.07) is 10.0. The summed E-state index contributed by atoms with van der Waals surface area (Å²) in [6.45, 7) is 2.27. The van der Waals surface area contributed by atoms with E-state index in [4.69, 9.17) is 14.6 Å². The number of carbonyl (C=O) groups is 1. The fourth-order valence-electron chi connectivity index (χ4n) is 1.83. The van der Waals surface area contributed by atoms with Gasteiger partial charge >= 0.3 is 5.97 Å². The fourth-order valence-corrected chi connectivity index (χ4v) is 1.83. The van der Waals surface area contributed by atoms with Crippen molar-refractivity contribution in [2.75, 3.05) is 13.2 Å². The lowest BCUT2D eigenvalue weighted by atomic mass is 10.00. The number of hydrogen-bond donors (Lipinski definition) is 1. The molecule has 1 aromatic rings. The lowest BCUT2D eigenvalue weighted by molar-refractivity contribution is -0.270. The van der Waals surface area contributed by atoms with Crippen LogP contribution in [0.5, 0.6) is 0 Å². The van der Waals surface area contributed by atoms with Crippen LogP contribution in [-0.2, 0) is 20.7 Å². The Morgan fingerprint density at radius 2 is 1.94 bits per heavy atom. The summed E-state index contributed by atoms with van der Waals surface area (Å²) in [5.41, 5.74) is 1.21. The molecule has 0 radical (unpaired) electrons. The molecule has 92 valence electrons. The zero-order valence-electron chi connectivity index (χ0n) is 9.76. The Morgan fingerprint density at radius 1 is 1.35 bits per heavy atom. The molecule has 1 fully saturated rings. The van der Waals surface area contributed by atoms with Gasteiger partial charge in [-0.25, -0.2) is 4.79 Å². The highest BCUT2D eigenvalue weighted by molar-refractivity contribution is 5.75.